The molecule has 0 aromatic heterocycles. The molecule has 34 heavy (non-hydrogen) atoms. The van der Waals surface area contributed by atoms with E-state index in [9.17, 15) is 14.4 Å². The molecule has 2 aliphatic heterocycles. The van der Waals surface area contributed by atoms with E-state index in [-0.39, 0.29) is 44.0 Å². The van der Waals surface area contributed by atoms with E-state index in [0.717, 1.165) is 16.9 Å². The Morgan fingerprint density at radius 3 is 2.50 bits per heavy atom. The van der Waals surface area contributed by atoms with Crippen molar-refractivity contribution in [3.05, 3.63) is 63.6 Å². The summed E-state index contributed by atoms with van der Waals surface area (Å²) in [5, 5.41) is 6.93. The molecule has 0 spiro atoms. The van der Waals surface area contributed by atoms with Crippen LogP contribution in [0.15, 0.2) is 42.5 Å². The molecule has 9 nitrogen and oxygen atoms in total. The second kappa shape index (κ2) is 10.1. The third-order valence-corrected chi connectivity index (χ3v) is 6.51. The van der Waals surface area contributed by atoms with E-state index in [1.165, 1.54) is 9.91 Å². The Labute approximate surface area is 207 Å². The van der Waals surface area contributed by atoms with Crippen molar-refractivity contribution in [2.24, 2.45) is 0 Å². The number of fused-ring (bicyclic) bond motifs is 1. The number of carbonyl (C=O) groups excluding carboxylic acids is 3. The van der Waals surface area contributed by atoms with Gasteiger partial charge in [0.25, 0.3) is 0 Å². The summed E-state index contributed by atoms with van der Waals surface area (Å²) >= 11 is 12.3. The fraction of sp³-hybridized carbons (Fsp3) is 0.348. The van der Waals surface area contributed by atoms with E-state index < -0.39 is 6.17 Å². The van der Waals surface area contributed by atoms with Gasteiger partial charge in [-0.3, -0.25) is 9.59 Å². The SMILES string of the molecule is COc1ccc(CNC(=O)N2C3CN(Cc4ccc(Cl)cc4Cl)C(=O)CN3C(=O)CN2C)cc1. The zero-order chi connectivity index (χ0) is 24.4. The molecule has 2 fully saturated rings. The van der Waals surface area contributed by atoms with Gasteiger partial charge in [-0.15, -0.1) is 0 Å². The molecule has 2 saturated heterocycles. The highest BCUT2D eigenvalue weighted by atomic mass is 35.5. The van der Waals surface area contributed by atoms with Crippen LogP contribution in [-0.2, 0) is 22.7 Å². The summed E-state index contributed by atoms with van der Waals surface area (Å²) in [6.45, 7) is 0.604. The number of hydrazine groups is 1. The average molecular weight is 506 g/mol. The van der Waals surface area contributed by atoms with Crippen molar-refractivity contribution in [3.63, 3.8) is 0 Å². The second-order valence-electron chi connectivity index (χ2n) is 8.18. The summed E-state index contributed by atoms with van der Waals surface area (Å²) in [5.74, 6) is 0.316. The van der Waals surface area contributed by atoms with Crippen molar-refractivity contribution in [1.29, 1.82) is 0 Å². The van der Waals surface area contributed by atoms with E-state index in [1.807, 2.05) is 24.3 Å². The lowest BCUT2D eigenvalue weighted by Gasteiger charge is -2.51. The maximum absolute atomic E-state index is 13.2. The largest absolute Gasteiger partial charge is 0.497 e. The minimum atomic E-state index is -0.633. The minimum Gasteiger partial charge on any atom is -0.497 e. The number of piperazine rings is 1. The van der Waals surface area contributed by atoms with Crippen molar-refractivity contribution in [2.75, 3.05) is 33.8 Å². The van der Waals surface area contributed by atoms with Crippen LogP contribution in [0, 0.1) is 0 Å². The molecule has 0 saturated carbocycles. The van der Waals surface area contributed by atoms with Gasteiger partial charge in [0, 0.05) is 30.2 Å². The van der Waals surface area contributed by atoms with E-state index in [1.54, 1.807) is 42.3 Å². The maximum atomic E-state index is 13.2. The number of hydrogen-bond acceptors (Lipinski definition) is 5. The Morgan fingerprint density at radius 1 is 1.09 bits per heavy atom. The van der Waals surface area contributed by atoms with Gasteiger partial charge in [-0.2, -0.15) is 0 Å². The van der Waals surface area contributed by atoms with Crippen molar-refractivity contribution < 1.29 is 19.1 Å². The first-order chi connectivity index (χ1) is 16.3. The lowest BCUT2D eigenvalue weighted by atomic mass is 10.1. The number of amides is 4. The number of carbonyl (C=O) groups is 3. The van der Waals surface area contributed by atoms with Crippen LogP contribution < -0.4 is 10.1 Å². The number of hydrogen-bond donors (Lipinski definition) is 1. The molecule has 0 bridgehead atoms. The van der Waals surface area contributed by atoms with E-state index in [2.05, 4.69) is 5.32 Å². The van der Waals surface area contributed by atoms with Gasteiger partial charge in [0.2, 0.25) is 11.8 Å². The number of nitrogens with zero attached hydrogens (tertiary/aromatic N) is 4. The highest BCUT2D eigenvalue weighted by molar-refractivity contribution is 6.35. The first kappa shape index (κ1) is 24.1. The molecule has 4 amide bonds. The molecule has 0 aliphatic carbocycles. The molecule has 1 N–H and O–H groups in total. The number of nitrogens with one attached hydrogen (secondary N) is 1. The monoisotopic (exact) mass is 505 g/mol. The number of methoxy groups -OCH3 is 1. The van der Waals surface area contributed by atoms with Crippen LogP contribution in [0.4, 0.5) is 4.79 Å². The van der Waals surface area contributed by atoms with Crippen LogP contribution >= 0.6 is 23.2 Å². The first-order valence-corrected chi connectivity index (χ1v) is 11.4. The fourth-order valence-electron chi connectivity index (χ4n) is 4.10. The molecule has 0 radical (unpaired) electrons. The molecule has 180 valence electrons. The first-order valence-electron chi connectivity index (χ1n) is 10.7. The Hall–Kier alpha value is -3.01. The maximum Gasteiger partial charge on any atom is 0.334 e. The van der Waals surface area contributed by atoms with Gasteiger partial charge in [-0.05, 0) is 35.4 Å². The quantitative estimate of drug-likeness (QED) is 0.674. The average Bonchev–Trinajstić information content (AvgIpc) is 2.81. The lowest BCUT2D eigenvalue weighted by Crippen LogP contribution is -2.73. The summed E-state index contributed by atoms with van der Waals surface area (Å²) in [6.07, 6.45) is -0.633. The van der Waals surface area contributed by atoms with E-state index in [0.29, 0.717) is 16.6 Å². The molecular formula is C23H25Cl2N5O4. The topological polar surface area (TPSA) is 85.4 Å². The van der Waals surface area contributed by atoms with Crippen molar-refractivity contribution >= 4 is 41.0 Å². The summed E-state index contributed by atoms with van der Waals surface area (Å²) < 4.78 is 5.16. The Morgan fingerprint density at radius 2 is 1.82 bits per heavy atom. The number of halogens is 2. The number of rotatable bonds is 5. The minimum absolute atomic E-state index is 0.00273. The van der Waals surface area contributed by atoms with E-state index in [4.69, 9.17) is 27.9 Å². The third kappa shape index (κ3) is 5.06. The Balaban J connectivity index is 1.49. The van der Waals surface area contributed by atoms with Gasteiger partial charge in [0.05, 0.1) is 20.2 Å². The number of likely N-dealkylation sites (N-methyl/N-ethyl adjacent to an activating group) is 1. The molecule has 1 atom stereocenters. The predicted molar refractivity (Wildman–Crippen MR) is 127 cm³/mol. The highest BCUT2D eigenvalue weighted by Gasteiger charge is 2.45. The number of ether oxygens (including phenoxy) is 1. The number of urea groups is 1. The standard InChI is InChI=1S/C23H25Cl2N5O4/c1-27-13-22(32)29-14-21(31)28(11-16-5-6-17(24)9-19(16)25)12-20(29)30(27)23(33)26-10-15-3-7-18(34-2)8-4-15/h3-9,20H,10-14H2,1-2H3,(H,26,33). The van der Waals surface area contributed by atoms with Gasteiger partial charge in [0.1, 0.15) is 18.5 Å². The molecule has 4 rings (SSSR count). The van der Waals surface area contributed by atoms with Crippen LogP contribution in [0.5, 0.6) is 5.75 Å². The van der Waals surface area contributed by atoms with Gasteiger partial charge >= 0.3 is 6.03 Å². The molecule has 1 unspecified atom stereocenters. The van der Waals surface area contributed by atoms with Gasteiger partial charge in [-0.25, -0.2) is 14.8 Å². The summed E-state index contributed by atoms with van der Waals surface area (Å²) in [7, 11) is 3.27. The Kier molecular flexibility index (Phi) is 7.16. The lowest BCUT2D eigenvalue weighted by molar-refractivity contribution is -0.178. The van der Waals surface area contributed by atoms with Crippen molar-refractivity contribution in [3.8, 4) is 5.75 Å². The van der Waals surface area contributed by atoms with Gasteiger partial charge in [-0.1, -0.05) is 41.4 Å². The summed E-state index contributed by atoms with van der Waals surface area (Å²) in [5.41, 5.74) is 1.64. The van der Waals surface area contributed by atoms with Crippen molar-refractivity contribution in [1.82, 2.24) is 25.1 Å². The normalized spacial score (nSPS) is 18.7. The highest BCUT2D eigenvalue weighted by Crippen LogP contribution is 2.26. The van der Waals surface area contributed by atoms with Gasteiger partial charge in [0.15, 0.2) is 0 Å². The van der Waals surface area contributed by atoms with Crippen LogP contribution in [0.2, 0.25) is 10.0 Å². The third-order valence-electron chi connectivity index (χ3n) is 5.92. The molecular weight excluding hydrogens is 481 g/mol. The molecule has 11 heteroatoms. The van der Waals surface area contributed by atoms with Gasteiger partial charge < -0.3 is 19.9 Å². The summed E-state index contributed by atoms with van der Waals surface area (Å²) in [6, 6.07) is 12.1. The van der Waals surface area contributed by atoms with Crippen LogP contribution in [-0.4, -0.2) is 77.6 Å². The second-order valence-corrected chi connectivity index (χ2v) is 9.02. The smallest absolute Gasteiger partial charge is 0.334 e. The van der Waals surface area contributed by atoms with Crippen molar-refractivity contribution in [2.45, 2.75) is 19.3 Å². The van der Waals surface area contributed by atoms with E-state index >= 15 is 0 Å². The predicted octanol–water partition coefficient (Wildman–Crippen LogP) is 2.57. The Bertz CT molecular complexity index is 1100. The molecule has 2 aliphatic rings. The molecule has 2 heterocycles. The zero-order valence-corrected chi connectivity index (χ0v) is 20.3. The van der Waals surface area contributed by atoms with Crippen LogP contribution in [0.3, 0.4) is 0 Å². The molecule has 2 aromatic carbocycles. The summed E-state index contributed by atoms with van der Waals surface area (Å²) in [4.78, 5) is 41.7. The zero-order valence-electron chi connectivity index (χ0n) is 18.8. The van der Waals surface area contributed by atoms with Crippen LogP contribution in [0.1, 0.15) is 11.1 Å². The van der Waals surface area contributed by atoms with Crippen LogP contribution in [0.25, 0.3) is 0 Å². The fourth-order valence-corrected chi connectivity index (χ4v) is 4.57. The molecule has 2 aromatic rings. The number of benzene rings is 2.